The summed E-state index contributed by atoms with van der Waals surface area (Å²) in [6, 6.07) is 17.5. The van der Waals surface area contributed by atoms with E-state index in [1.807, 2.05) is 43.3 Å². The number of benzene rings is 2. The second-order valence-corrected chi connectivity index (χ2v) is 5.68. The minimum Gasteiger partial charge on any atom is -0.457 e. The largest absolute Gasteiger partial charge is 0.457 e. The molecule has 0 aliphatic rings. The molecular weight excluding hydrogens is 300 g/mol. The van der Waals surface area contributed by atoms with E-state index < -0.39 is 5.91 Å². The van der Waals surface area contributed by atoms with E-state index in [1.54, 1.807) is 6.07 Å². The lowest BCUT2D eigenvalue weighted by atomic mass is 10.1. The van der Waals surface area contributed by atoms with Gasteiger partial charge in [-0.1, -0.05) is 31.2 Å². The third kappa shape index (κ3) is 3.18. The van der Waals surface area contributed by atoms with Gasteiger partial charge >= 0.3 is 0 Å². The monoisotopic (exact) mass is 320 g/mol. The lowest BCUT2D eigenvalue weighted by Crippen LogP contribution is -2.10. The first-order valence-electron chi connectivity index (χ1n) is 7.94. The van der Waals surface area contributed by atoms with E-state index in [2.05, 4.69) is 24.0 Å². The Kier molecular flexibility index (Phi) is 4.38. The van der Waals surface area contributed by atoms with Crippen molar-refractivity contribution in [3.05, 3.63) is 71.4 Å². The number of aromatic nitrogens is 1. The highest BCUT2D eigenvalue weighted by molar-refractivity contribution is 5.95. The summed E-state index contributed by atoms with van der Waals surface area (Å²) in [6.07, 6.45) is 0.995. The van der Waals surface area contributed by atoms with E-state index in [1.165, 1.54) is 5.56 Å². The van der Waals surface area contributed by atoms with Gasteiger partial charge in [-0.25, -0.2) is 0 Å². The molecule has 4 heteroatoms. The number of rotatable bonds is 5. The van der Waals surface area contributed by atoms with Gasteiger partial charge in [0.05, 0.1) is 11.3 Å². The molecule has 0 fully saturated rings. The maximum absolute atomic E-state index is 11.5. The molecule has 4 nitrogen and oxygen atoms in total. The number of para-hydroxylation sites is 1. The number of carbonyl (C=O) groups is 1. The topological polar surface area (TPSA) is 68.1 Å². The van der Waals surface area contributed by atoms with Gasteiger partial charge in [0.1, 0.15) is 11.5 Å². The average Bonchev–Trinajstić information content (AvgIpc) is 2.98. The summed E-state index contributed by atoms with van der Waals surface area (Å²) < 4.78 is 6.04. The molecule has 0 atom stereocenters. The number of amides is 1. The van der Waals surface area contributed by atoms with Gasteiger partial charge in [0.2, 0.25) is 0 Å². The fraction of sp³-hybridized carbons (Fsp3) is 0.150. The van der Waals surface area contributed by atoms with E-state index in [4.69, 9.17) is 10.5 Å². The first-order chi connectivity index (χ1) is 11.6. The van der Waals surface area contributed by atoms with Crippen molar-refractivity contribution < 1.29 is 9.53 Å². The molecular formula is C20H20N2O2. The van der Waals surface area contributed by atoms with Crippen LogP contribution in [0.5, 0.6) is 11.5 Å². The summed E-state index contributed by atoms with van der Waals surface area (Å²) in [5.41, 5.74) is 9.60. The molecule has 0 aliphatic heterocycles. The molecule has 24 heavy (non-hydrogen) atoms. The highest BCUT2D eigenvalue weighted by Gasteiger charge is 2.14. The number of H-pyrrole nitrogens is 1. The Labute approximate surface area is 141 Å². The van der Waals surface area contributed by atoms with Gasteiger partial charge in [0, 0.05) is 11.3 Å². The van der Waals surface area contributed by atoms with E-state index in [9.17, 15) is 4.79 Å². The minimum atomic E-state index is -0.441. The summed E-state index contributed by atoms with van der Waals surface area (Å²) in [7, 11) is 0. The molecule has 1 heterocycles. The predicted octanol–water partition coefficient (Wildman–Crippen LogP) is 4.44. The maximum atomic E-state index is 11.5. The number of aromatic amines is 1. The molecule has 0 saturated carbocycles. The van der Waals surface area contributed by atoms with Crippen molar-refractivity contribution in [2.75, 3.05) is 0 Å². The highest BCUT2D eigenvalue weighted by atomic mass is 16.5. The Morgan fingerprint density at radius 1 is 1.12 bits per heavy atom. The van der Waals surface area contributed by atoms with E-state index in [0.29, 0.717) is 5.56 Å². The van der Waals surface area contributed by atoms with Crippen molar-refractivity contribution in [1.82, 2.24) is 4.98 Å². The number of nitrogens with one attached hydrogen (secondary N) is 1. The zero-order valence-corrected chi connectivity index (χ0v) is 13.8. The summed E-state index contributed by atoms with van der Waals surface area (Å²) in [5.74, 6) is 1.06. The third-order valence-corrected chi connectivity index (χ3v) is 4.02. The van der Waals surface area contributed by atoms with E-state index in [0.717, 1.165) is 34.9 Å². The molecule has 0 saturated heterocycles. The van der Waals surface area contributed by atoms with Crippen LogP contribution in [-0.4, -0.2) is 10.9 Å². The van der Waals surface area contributed by atoms with Crippen LogP contribution in [0.15, 0.2) is 54.6 Å². The third-order valence-electron chi connectivity index (χ3n) is 4.02. The van der Waals surface area contributed by atoms with Gasteiger partial charge in [-0.05, 0) is 49.2 Å². The smallest absolute Gasteiger partial charge is 0.250 e. The molecule has 0 spiro atoms. The first-order valence-corrected chi connectivity index (χ1v) is 7.94. The SMILES string of the molecule is CCc1ccc(Oc2ccccc2-c2cc(C(N)=O)c(C)[nH]2)cc1. The minimum absolute atomic E-state index is 0.441. The predicted molar refractivity (Wildman–Crippen MR) is 95.4 cm³/mol. The lowest BCUT2D eigenvalue weighted by molar-refractivity contribution is 0.1000. The van der Waals surface area contributed by atoms with Crippen molar-refractivity contribution in [2.24, 2.45) is 5.73 Å². The van der Waals surface area contributed by atoms with Crippen LogP contribution >= 0.6 is 0 Å². The number of carbonyl (C=O) groups excluding carboxylic acids is 1. The molecule has 0 radical (unpaired) electrons. The molecule has 0 bridgehead atoms. The molecule has 1 amide bonds. The maximum Gasteiger partial charge on any atom is 0.250 e. The summed E-state index contributed by atoms with van der Waals surface area (Å²) in [4.78, 5) is 14.7. The van der Waals surface area contributed by atoms with Gasteiger partial charge in [-0.15, -0.1) is 0 Å². The fourth-order valence-corrected chi connectivity index (χ4v) is 2.66. The Balaban J connectivity index is 1.95. The van der Waals surface area contributed by atoms with Crippen molar-refractivity contribution in [1.29, 1.82) is 0 Å². The van der Waals surface area contributed by atoms with Crippen molar-refractivity contribution in [2.45, 2.75) is 20.3 Å². The zero-order valence-electron chi connectivity index (χ0n) is 13.8. The zero-order chi connectivity index (χ0) is 17.1. The van der Waals surface area contributed by atoms with Crippen LogP contribution in [0.25, 0.3) is 11.3 Å². The molecule has 0 unspecified atom stereocenters. The van der Waals surface area contributed by atoms with Gasteiger partial charge in [0.15, 0.2) is 0 Å². The van der Waals surface area contributed by atoms with Gasteiger partial charge in [-0.3, -0.25) is 4.79 Å². The van der Waals surface area contributed by atoms with Crippen LogP contribution in [-0.2, 0) is 6.42 Å². The molecule has 3 N–H and O–H groups in total. The molecule has 3 rings (SSSR count). The molecule has 3 aromatic rings. The quantitative estimate of drug-likeness (QED) is 0.729. The average molecular weight is 320 g/mol. The summed E-state index contributed by atoms with van der Waals surface area (Å²) >= 11 is 0. The van der Waals surface area contributed by atoms with Crippen LogP contribution in [0.3, 0.4) is 0 Å². The standard InChI is InChI=1S/C20H20N2O2/c1-3-14-8-10-15(11-9-14)24-19-7-5-4-6-16(19)18-12-17(20(21)23)13(2)22-18/h4-12,22H,3H2,1-2H3,(H2,21,23). The van der Waals surface area contributed by atoms with Crippen LogP contribution in [0, 0.1) is 6.92 Å². The van der Waals surface area contributed by atoms with Crippen LogP contribution in [0.1, 0.15) is 28.5 Å². The van der Waals surface area contributed by atoms with Gasteiger partial charge in [-0.2, -0.15) is 0 Å². The molecule has 0 aliphatic carbocycles. The number of primary amides is 1. The van der Waals surface area contributed by atoms with Crippen molar-refractivity contribution in [3.8, 4) is 22.8 Å². The van der Waals surface area contributed by atoms with Crippen LogP contribution in [0.4, 0.5) is 0 Å². The molecule has 1 aromatic heterocycles. The number of aryl methyl sites for hydroxylation is 2. The first kappa shape index (κ1) is 15.9. The fourth-order valence-electron chi connectivity index (χ4n) is 2.66. The number of nitrogens with two attached hydrogens (primary N) is 1. The van der Waals surface area contributed by atoms with Gasteiger partial charge in [0.25, 0.3) is 5.91 Å². The summed E-state index contributed by atoms with van der Waals surface area (Å²) in [6.45, 7) is 3.95. The number of ether oxygens (including phenoxy) is 1. The Bertz CT molecular complexity index is 864. The number of hydrogen-bond donors (Lipinski definition) is 2. The van der Waals surface area contributed by atoms with Gasteiger partial charge < -0.3 is 15.5 Å². The number of hydrogen-bond acceptors (Lipinski definition) is 2. The van der Waals surface area contributed by atoms with Crippen molar-refractivity contribution in [3.63, 3.8) is 0 Å². The second-order valence-electron chi connectivity index (χ2n) is 5.68. The van der Waals surface area contributed by atoms with Crippen LogP contribution < -0.4 is 10.5 Å². The van der Waals surface area contributed by atoms with E-state index in [-0.39, 0.29) is 0 Å². The summed E-state index contributed by atoms with van der Waals surface area (Å²) in [5, 5.41) is 0. The van der Waals surface area contributed by atoms with Crippen molar-refractivity contribution >= 4 is 5.91 Å². The van der Waals surface area contributed by atoms with E-state index >= 15 is 0 Å². The lowest BCUT2D eigenvalue weighted by Gasteiger charge is -2.10. The Morgan fingerprint density at radius 3 is 2.46 bits per heavy atom. The normalized spacial score (nSPS) is 10.6. The molecule has 2 aromatic carbocycles. The Morgan fingerprint density at radius 2 is 1.83 bits per heavy atom. The molecule has 122 valence electrons. The second kappa shape index (κ2) is 6.62. The Hall–Kier alpha value is -3.01. The highest BCUT2D eigenvalue weighted by Crippen LogP contribution is 2.33. The van der Waals surface area contributed by atoms with Crippen LogP contribution in [0.2, 0.25) is 0 Å².